The molecule has 0 unspecified atom stereocenters. The zero-order valence-corrected chi connectivity index (χ0v) is 15.1. The van der Waals surface area contributed by atoms with Crippen molar-refractivity contribution < 1.29 is 13.5 Å². The second-order valence-corrected chi connectivity index (χ2v) is 6.27. The molecule has 136 valence electrons. The van der Waals surface area contributed by atoms with Gasteiger partial charge in [0.05, 0.1) is 10.7 Å². The van der Waals surface area contributed by atoms with E-state index in [9.17, 15) is 13.6 Å². The molecule has 3 rings (SSSR count). The van der Waals surface area contributed by atoms with Crippen molar-refractivity contribution in [1.29, 1.82) is 0 Å². The number of benzene rings is 2. The summed E-state index contributed by atoms with van der Waals surface area (Å²) in [6.45, 7) is -0.232. The van der Waals surface area contributed by atoms with E-state index in [0.29, 0.717) is 15.7 Å². The summed E-state index contributed by atoms with van der Waals surface area (Å²) in [7, 11) is 1.41. The predicted molar refractivity (Wildman–Crippen MR) is 94.6 cm³/mol. The molecule has 1 heterocycles. The third-order valence-electron chi connectivity index (χ3n) is 3.66. The van der Waals surface area contributed by atoms with Gasteiger partial charge in [0, 0.05) is 23.1 Å². The first kappa shape index (κ1) is 18.4. The Balaban J connectivity index is 2.04. The maximum atomic E-state index is 13.5. The second-order valence-electron chi connectivity index (χ2n) is 5.35. The van der Waals surface area contributed by atoms with Gasteiger partial charge in [-0.05, 0) is 34.7 Å². The summed E-state index contributed by atoms with van der Waals surface area (Å²) in [5.41, 5.74) is -0.531. The van der Waals surface area contributed by atoms with E-state index in [2.05, 4.69) is 23.1 Å². The van der Waals surface area contributed by atoms with Gasteiger partial charge < -0.3 is 4.74 Å². The van der Waals surface area contributed by atoms with Gasteiger partial charge in [-0.25, -0.2) is 13.6 Å². The Hall–Kier alpha value is -2.39. The van der Waals surface area contributed by atoms with Crippen LogP contribution in [-0.4, -0.2) is 19.8 Å². The quantitative estimate of drug-likeness (QED) is 0.669. The number of alkyl halides is 2. The molecule has 1 aromatic heterocycles. The zero-order valence-electron chi connectivity index (χ0n) is 13.4. The van der Waals surface area contributed by atoms with Crippen LogP contribution < -0.4 is 10.4 Å². The van der Waals surface area contributed by atoms with Crippen LogP contribution in [0.2, 0.25) is 5.02 Å². The van der Waals surface area contributed by atoms with Gasteiger partial charge in [0.1, 0.15) is 12.4 Å². The molecule has 6 nitrogen and oxygen atoms in total. The van der Waals surface area contributed by atoms with Gasteiger partial charge in [-0.2, -0.15) is 9.36 Å². The molecule has 0 bridgehead atoms. The van der Waals surface area contributed by atoms with E-state index in [0.717, 1.165) is 9.36 Å². The van der Waals surface area contributed by atoms with E-state index in [4.69, 9.17) is 16.3 Å². The van der Waals surface area contributed by atoms with Crippen molar-refractivity contribution in [2.24, 2.45) is 7.05 Å². The van der Waals surface area contributed by atoms with E-state index < -0.39 is 12.1 Å². The van der Waals surface area contributed by atoms with Crippen molar-refractivity contribution in [2.75, 3.05) is 0 Å². The fraction of sp³-hybridized carbons (Fsp3) is 0.188. The van der Waals surface area contributed by atoms with Crippen LogP contribution in [0.5, 0.6) is 5.75 Å². The highest BCUT2D eigenvalue weighted by atomic mass is 35.5. The van der Waals surface area contributed by atoms with Gasteiger partial charge in [0.2, 0.25) is 0 Å². The first-order valence-electron chi connectivity index (χ1n) is 7.39. The molecule has 0 radical (unpaired) electrons. The van der Waals surface area contributed by atoms with Crippen LogP contribution in [0.1, 0.15) is 17.6 Å². The maximum absolute atomic E-state index is 13.5. The maximum Gasteiger partial charge on any atom is 0.368 e. The fourth-order valence-corrected chi connectivity index (χ4v) is 2.89. The summed E-state index contributed by atoms with van der Waals surface area (Å²) in [5, 5.41) is 7.62. The highest BCUT2D eigenvalue weighted by Gasteiger charge is 2.20. The van der Waals surface area contributed by atoms with Gasteiger partial charge in [-0.1, -0.05) is 23.7 Å². The lowest BCUT2D eigenvalue weighted by Crippen LogP contribution is -2.23. The molecular weight excluding hydrogens is 386 g/mol. The Morgan fingerprint density at radius 3 is 2.65 bits per heavy atom. The summed E-state index contributed by atoms with van der Waals surface area (Å²) in [6.07, 6.45) is -2.75. The van der Waals surface area contributed by atoms with Gasteiger partial charge >= 0.3 is 5.69 Å². The summed E-state index contributed by atoms with van der Waals surface area (Å²) < 4.78 is 34.5. The zero-order chi connectivity index (χ0) is 18.8. The van der Waals surface area contributed by atoms with Crippen molar-refractivity contribution in [2.45, 2.75) is 17.9 Å². The predicted octanol–water partition coefficient (Wildman–Crippen LogP) is 3.42. The fourth-order valence-electron chi connectivity index (χ4n) is 2.37. The molecular formula is C16H13ClF2N4O2S. The molecule has 10 heteroatoms. The lowest BCUT2D eigenvalue weighted by Gasteiger charge is -2.15. The summed E-state index contributed by atoms with van der Waals surface area (Å²) in [5.74, 6) is 0.311. The monoisotopic (exact) mass is 398 g/mol. The normalized spacial score (nSPS) is 11.2. The molecule has 0 saturated heterocycles. The Kier molecular flexibility index (Phi) is 5.28. The lowest BCUT2D eigenvalue weighted by atomic mass is 10.1. The third-order valence-corrected chi connectivity index (χ3v) is 4.23. The van der Waals surface area contributed by atoms with Crippen LogP contribution in [0.15, 0.2) is 46.1 Å². The van der Waals surface area contributed by atoms with Crippen LogP contribution in [0, 0.1) is 0 Å². The van der Waals surface area contributed by atoms with E-state index in [1.807, 2.05) is 0 Å². The molecule has 0 aliphatic carbocycles. The average molecular weight is 399 g/mol. The Labute approximate surface area is 157 Å². The van der Waals surface area contributed by atoms with Gasteiger partial charge in [0.25, 0.3) is 6.43 Å². The van der Waals surface area contributed by atoms with Gasteiger partial charge in [-0.3, -0.25) is 0 Å². The molecule has 0 aliphatic rings. The first-order chi connectivity index (χ1) is 12.4. The van der Waals surface area contributed by atoms with Crippen LogP contribution in [0.4, 0.5) is 8.78 Å². The standard InChI is InChI=1S/C16H13ClF2N4O2S/c1-22-16(24)23(21-20-22)13-4-2-3-10(15(18)19)11(13)8-25-14-6-5-9(26)7-12(14)17/h2-7,15,26H,8H2,1H3. The second kappa shape index (κ2) is 7.46. The SMILES string of the molecule is Cn1nnn(-c2cccc(C(F)F)c2COc2ccc(S)cc2Cl)c1=O. The van der Waals surface area contributed by atoms with Crippen molar-refractivity contribution >= 4 is 24.2 Å². The van der Waals surface area contributed by atoms with Crippen LogP contribution >= 0.6 is 24.2 Å². The molecule has 0 amide bonds. The molecule has 0 N–H and O–H groups in total. The minimum atomic E-state index is -2.75. The number of rotatable bonds is 5. The Bertz CT molecular complexity index is 1010. The number of hydrogen-bond donors (Lipinski definition) is 1. The molecule has 3 aromatic rings. The molecule has 0 saturated carbocycles. The van der Waals surface area contributed by atoms with Crippen LogP contribution in [0.25, 0.3) is 5.69 Å². The molecule has 2 aromatic carbocycles. The number of thiol groups is 1. The van der Waals surface area contributed by atoms with Crippen molar-refractivity contribution in [3.63, 3.8) is 0 Å². The summed E-state index contributed by atoms with van der Waals surface area (Å²) in [4.78, 5) is 12.8. The highest BCUT2D eigenvalue weighted by Crippen LogP contribution is 2.31. The number of aryl methyl sites for hydroxylation is 1. The topological polar surface area (TPSA) is 61.9 Å². The highest BCUT2D eigenvalue weighted by molar-refractivity contribution is 7.80. The largest absolute Gasteiger partial charge is 0.487 e. The third kappa shape index (κ3) is 3.58. The lowest BCUT2D eigenvalue weighted by molar-refractivity contribution is 0.148. The molecule has 0 aliphatic heterocycles. The Morgan fingerprint density at radius 1 is 1.27 bits per heavy atom. The number of tetrazole rings is 1. The van der Waals surface area contributed by atoms with Crippen molar-refractivity contribution in [1.82, 2.24) is 19.8 Å². The van der Waals surface area contributed by atoms with E-state index in [1.54, 1.807) is 18.2 Å². The first-order valence-corrected chi connectivity index (χ1v) is 8.21. The number of aromatic nitrogens is 4. The minimum absolute atomic E-state index is 0.121. The summed E-state index contributed by atoms with van der Waals surface area (Å²) >= 11 is 10.2. The number of nitrogens with zero attached hydrogens (tertiary/aromatic N) is 4. The molecule has 0 fully saturated rings. The number of halogens is 3. The van der Waals surface area contributed by atoms with E-state index in [-0.39, 0.29) is 23.4 Å². The van der Waals surface area contributed by atoms with Gasteiger partial charge in [-0.15, -0.1) is 12.6 Å². The number of ether oxygens (including phenoxy) is 1. The number of hydrogen-bond acceptors (Lipinski definition) is 5. The smallest absolute Gasteiger partial charge is 0.368 e. The molecule has 0 atom stereocenters. The van der Waals surface area contributed by atoms with Crippen LogP contribution in [0.3, 0.4) is 0 Å². The Morgan fingerprint density at radius 2 is 2.04 bits per heavy atom. The molecule has 26 heavy (non-hydrogen) atoms. The van der Waals surface area contributed by atoms with E-state index in [1.165, 1.54) is 25.2 Å². The van der Waals surface area contributed by atoms with Crippen molar-refractivity contribution in [3.05, 3.63) is 63.0 Å². The summed E-state index contributed by atoms with van der Waals surface area (Å²) in [6, 6.07) is 9.02. The average Bonchev–Trinajstić information content (AvgIpc) is 2.93. The van der Waals surface area contributed by atoms with E-state index >= 15 is 0 Å². The van der Waals surface area contributed by atoms with Crippen molar-refractivity contribution in [3.8, 4) is 11.4 Å². The van der Waals surface area contributed by atoms with Crippen LogP contribution in [-0.2, 0) is 13.7 Å². The molecule has 0 spiro atoms. The minimum Gasteiger partial charge on any atom is -0.487 e. The van der Waals surface area contributed by atoms with Gasteiger partial charge in [0.15, 0.2) is 0 Å².